The van der Waals surface area contributed by atoms with Crippen molar-refractivity contribution in [2.75, 3.05) is 44.6 Å². The monoisotopic (exact) mass is 384 g/mol. The largest absolute Gasteiger partial charge is 0.461 e. The summed E-state index contributed by atoms with van der Waals surface area (Å²) in [7, 11) is 0. The summed E-state index contributed by atoms with van der Waals surface area (Å²) in [6.07, 6.45) is 1.51. The fourth-order valence-electron chi connectivity index (χ4n) is 3.11. The molecule has 7 nitrogen and oxygen atoms in total. The van der Waals surface area contributed by atoms with Crippen LogP contribution in [-0.2, 0) is 4.79 Å². The molecule has 0 aliphatic carbocycles. The number of anilines is 1. The predicted octanol–water partition coefficient (Wildman–Crippen LogP) is 2.33. The summed E-state index contributed by atoms with van der Waals surface area (Å²) < 4.78 is 6.20. The molecule has 1 aliphatic rings. The molecule has 1 aromatic carbocycles. The molecule has 8 heteroatoms. The molecular weight excluding hydrogens is 364 g/mol. The van der Waals surface area contributed by atoms with Gasteiger partial charge < -0.3 is 9.73 Å². The molecule has 1 amide bonds. The number of piperazine rings is 1. The number of hydrogen-bond acceptors (Lipinski definition) is 7. The second-order valence-electron chi connectivity index (χ2n) is 6.49. The van der Waals surface area contributed by atoms with Crippen LogP contribution in [0.25, 0.3) is 10.2 Å². The van der Waals surface area contributed by atoms with E-state index in [-0.39, 0.29) is 11.7 Å². The lowest BCUT2D eigenvalue weighted by Gasteiger charge is -2.33. The van der Waals surface area contributed by atoms with E-state index in [1.54, 1.807) is 12.1 Å². The van der Waals surface area contributed by atoms with E-state index in [4.69, 9.17) is 4.42 Å². The van der Waals surface area contributed by atoms with Gasteiger partial charge in [0.1, 0.15) is 0 Å². The van der Waals surface area contributed by atoms with Gasteiger partial charge in [0.15, 0.2) is 10.9 Å². The standard InChI is InChI=1S/C19H20N4O3S/c24-15(16-5-3-11-26-16)12-22-7-9-23(10-8-22)13-18(25)21-19-20-14-4-1-2-6-17(14)27-19/h1-6,11H,7-10,12-13H2,(H,20,21,25). The minimum Gasteiger partial charge on any atom is -0.461 e. The lowest BCUT2D eigenvalue weighted by atomic mass is 10.2. The highest BCUT2D eigenvalue weighted by atomic mass is 32.1. The molecule has 1 N–H and O–H groups in total. The highest BCUT2D eigenvalue weighted by Crippen LogP contribution is 2.25. The fraction of sp³-hybridized carbons (Fsp3) is 0.316. The number of furan rings is 1. The van der Waals surface area contributed by atoms with Crippen LogP contribution in [0.5, 0.6) is 0 Å². The normalized spacial score (nSPS) is 15.9. The van der Waals surface area contributed by atoms with Crippen LogP contribution in [0.4, 0.5) is 5.13 Å². The van der Waals surface area contributed by atoms with Gasteiger partial charge in [-0.25, -0.2) is 4.98 Å². The smallest absolute Gasteiger partial charge is 0.240 e. The van der Waals surface area contributed by atoms with Gasteiger partial charge in [0, 0.05) is 26.2 Å². The van der Waals surface area contributed by atoms with Crippen LogP contribution in [0.15, 0.2) is 47.1 Å². The van der Waals surface area contributed by atoms with Crippen LogP contribution < -0.4 is 5.32 Å². The first-order valence-corrected chi connectivity index (χ1v) is 9.66. The van der Waals surface area contributed by atoms with E-state index in [9.17, 15) is 9.59 Å². The third-order valence-electron chi connectivity index (χ3n) is 4.54. The molecule has 1 aliphatic heterocycles. The van der Waals surface area contributed by atoms with Gasteiger partial charge in [-0.15, -0.1) is 0 Å². The average molecular weight is 384 g/mol. The number of thiazole rings is 1. The van der Waals surface area contributed by atoms with Gasteiger partial charge in [0.2, 0.25) is 11.7 Å². The number of aromatic nitrogens is 1. The Morgan fingerprint density at radius 1 is 1.04 bits per heavy atom. The molecule has 27 heavy (non-hydrogen) atoms. The molecular formula is C19H20N4O3S. The predicted molar refractivity (Wildman–Crippen MR) is 104 cm³/mol. The summed E-state index contributed by atoms with van der Waals surface area (Å²) in [5, 5.41) is 3.52. The minimum absolute atomic E-state index is 0.0120. The number of benzene rings is 1. The number of hydrogen-bond donors (Lipinski definition) is 1. The second kappa shape index (κ2) is 7.99. The molecule has 3 aromatic rings. The van der Waals surface area contributed by atoms with Gasteiger partial charge in [-0.2, -0.15) is 0 Å². The van der Waals surface area contributed by atoms with Gasteiger partial charge in [0.05, 0.1) is 29.6 Å². The van der Waals surface area contributed by atoms with E-state index in [1.165, 1.54) is 17.6 Å². The number of ketones is 1. The highest BCUT2D eigenvalue weighted by Gasteiger charge is 2.22. The molecule has 0 radical (unpaired) electrons. The van der Waals surface area contributed by atoms with Gasteiger partial charge in [0.25, 0.3) is 0 Å². The molecule has 0 spiro atoms. The fourth-order valence-corrected chi connectivity index (χ4v) is 3.99. The van der Waals surface area contributed by atoms with Crippen molar-refractivity contribution in [2.24, 2.45) is 0 Å². The molecule has 3 heterocycles. The lowest BCUT2D eigenvalue weighted by molar-refractivity contribution is -0.117. The van der Waals surface area contributed by atoms with Crippen molar-refractivity contribution in [1.29, 1.82) is 0 Å². The zero-order valence-electron chi connectivity index (χ0n) is 14.8. The number of nitrogens with zero attached hydrogens (tertiary/aromatic N) is 3. The number of carbonyl (C=O) groups excluding carboxylic acids is 2. The van der Waals surface area contributed by atoms with Crippen molar-refractivity contribution < 1.29 is 14.0 Å². The van der Waals surface area contributed by atoms with E-state index in [0.29, 0.717) is 24.0 Å². The molecule has 0 bridgehead atoms. The zero-order chi connectivity index (χ0) is 18.6. The number of carbonyl (C=O) groups is 2. The van der Waals surface area contributed by atoms with E-state index in [0.717, 1.165) is 36.4 Å². The van der Waals surface area contributed by atoms with Crippen LogP contribution in [0, 0.1) is 0 Å². The van der Waals surface area contributed by atoms with E-state index in [1.807, 2.05) is 24.3 Å². The minimum atomic E-state index is -0.0610. The number of Topliss-reactive ketones (excluding diaryl/α,β-unsaturated/α-hetero) is 1. The van der Waals surface area contributed by atoms with Crippen molar-refractivity contribution in [3.63, 3.8) is 0 Å². The number of rotatable bonds is 6. The molecule has 0 atom stereocenters. The van der Waals surface area contributed by atoms with Crippen LogP contribution in [0.2, 0.25) is 0 Å². The zero-order valence-corrected chi connectivity index (χ0v) is 15.6. The summed E-state index contributed by atoms with van der Waals surface area (Å²) >= 11 is 1.48. The first-order valence-electron chi connectivity index (χ1n) is 8.84. The van der Waals surface area contributed by atoms with E-state index < -0.39 is 0 Å². The Kier molecular flexibility index (Phi) is 5.28. The maximum atomic E-state index is 12.3. The third kappa shape index (κ3) is 4.41. The molecule has 4 rings (SSSR count). The quantitative estimate of drug-likeness (QED) is 0.657. The van der Waals surface area contributed by atoms with Crippen molar-refractivity contribution in [2.45, 2.75) is 0 Å². The summed E-state index contributed by atoms with van der Waals surface area (Å²) in [4.78, 5) is 33.0. The Morgan fingerprint density at radius 3 is 2.48 bits per heavy atom. The first kappa shape index (κ1) is 17.8. The van der Waals surface area contributed by atoms with Crippen LogP contribution in [-0.4, -0.2) is 65.7 Å². The average Bonchev–Trinajstić information content (AvgIpc) is 3.32. The summed E-state index contributed by atoms with van der Waals surface area (Å²) in [6, 6.07) is 11.2. The molecule has 0 saturated carbocycles. The first-order chi connectivity index (χ1) is 13.2. The number of amides is 1. The van der Waals surface area contributed by atoms with E-state index >= 15 is 0 Å². The van der Waals surface area contributed by atoms with Crippen molar-refractivity contribution >= 4 is 38.4 Å². The Labute approximate surface area is 160 Å². The topological polar surface area (TPSA) is 78.7 Å². The van der Waals surface area contributed by atoms with E-state index in [2.05, 4.69) is 20.1 Å². The van der Waals surface area contributed by atoms with Crippen molar-refractivity contribution in [3.05, 3.63) is 48.4 Å². The molecule has 2 aromatic heterocycles. The second-order valence-corrected chi connectivity index (χ2v) is 7.52. The van der Waals surface area contributed by atoms with Crippen molar-refractivity contribution in [3.8, 4) is 0 Å². The number of fused-ring (bicyclic) bond motifs is 1. The maximum Gasteiger partial charge on any atom is 0.240 e. The summed E-state index contributed by atoms with van der Waals surface area (Å²) in [6.45, 7) is 3.67. The third-order valence-corrected chi connectivity index (χ3v) is 5.49. The van der Waals surface area contributed by atoms with Crippen LogP contribution in [0.3, 0.4) is 0 Å². The summed E-state index contributed by atoms with van der Waals surface area (Å²) in [5.74, 6) is 0.323. The Morgan fingerprint density at radius 2 is 1.78 bits per heavy atom. The molecule has 1 saturated heterocycles. The maximum absolute atomic E-state index is 12.3. The molecule has 0 unspecified atom stereocenters. The Hall–Kier alpha value is -2.55. The Bertz CT molecular complexity index is 896. The van der Waals surface area contributed by atoms with Gasteiger partial charge >= 0.3 is 0 Å². The number of para-hydroxylation sites is 1. The highest BCUT2D eigenvalue weighted by molar-refractivity contribution is 7.22. The molecule has 1 fully saturated rings. The van der Waals surface area contributed by atoms with Crippen molar-refractivity contribution in [1.82, 2.24) is 14.8 Å². The number of nitrogens with one attached hydrogen (secondary N) is 1. The van der Waals surface area contributed by atoms with Crippen LogP contribution >= 0.6 is 11.3 Å². The van der Waals surface area contributed by atoms with Crippen LogP contribution in [0.1, 0.15) is 10.6 Å². The van der Waals surface area contributed by atoms with Gasteiger partial charge in [-0.3, -0.25) is 19.4 Å². The SMILES string of the molecule is O=C(CN1CCN(CC(=O)c2ccco2)CC1)Nc1nc2ccccc2s1. The molecule has 140 valence electrons. The van der Waals surface area contributed by atoms with Gasteiger partial charge in [-0.05, 0) is 24.3 Å². The summed E-state index contributed by atoms with van der Waals surface area (Å²) in [5.41, 5.74) is 0.896. The van der Waals surface area contributed by atoms with Gasteiger partial charge in [-0.1, -0.05) is 23.5 Å². The lowest BCUT2D eigenvalue weighted by Crippen LogP contribution is -2.49. The Balaban J connectivity index is 1.24.